The number of aliphatic hydroxyl groups is 2. The lowest BCUT2D eigenvalue weighted by Crippen LogP contribution is -2.17. The SMILES string of the molecule is C=C(CO)C(=O)OCC(CO)c1ccc(CCc2ccc(CCCCC)cc2)cc1. The molecule has 1 atom stereocenters. The van der Waals surface area contributed by atoms with Crippen LogP contribution in [-0.2, 0) is 28.8 Å². The van der Waals surface area contributed by atoms with Gasteiger partial charge in [0.25, 0.3) is 0 Å². The molecule has 1 unspecified atom stereocenters. The normalized spacial score (nSPS) is 11.8. The van der Waals surface area contributed by atoms with Crippen molar-refractivity contribution in [2.24, 2.45) is 0 Å². The van der Waals surface area contributed by atoms with Crippen LogP contribution in [0.1, 0.15) is 54.4 Å². The summed E-state index contributed by atoms with van der Waals surface area (Å²) < 4.78 is 5.12. The smallest absolute Gasteiger partial charge is 0.335 e. The quantitative estimate of drug-likeness (QED) is 0.292. The number of rotatable bonds is 13. The van der Waals surface area contributed by atoms with E-state index in [-0.39, 0.29) is 24.7 Å². The van der Waals surface area contributed by atoms with Crippen LogP contribution in [0.25, 0.3) is 0 Å². The molecule has 0 amide bonds. The summed E-state index contributed by atoms with van der Waals surface area (Å²) in [4.78, 5) is 11.6. The van der Waals surface area contributed by atoms with Crippen LogP contribution < -0.4 is 0 Å². The first-order chi connectivity index (χ1) is 14.6. The summed E-state index contributed by atoms with van der Waals surface area (Å²) in [5.41, 5.74) is 4.90. The summed E-state index contributed by atoms with van der Waals surface area (Å²) in [5.74, 6) is -0.932. The molecule has 0 fully saturated rings. The third-order valence-corrected chi connectivity index (χ3v) is 5.36. The molecule has 0 saturated heterocycles. The lowest BCUT2D eigenvalue weighted by molar-refractivity contribution is -0.140. The van der Waals surface area contributed by atoms with E-state index in [1.165, 1.54) is 36.0 Å². The van der Waals surface area contributed by atoms with Gasteiger partial charge in [-0.1, -0.05) is 74.9 Å². The summed E-state index contributed by atoms with van der Waals surface area (Å²) in [6, 6.07) is 17.0. The minimum absolute atomic E-state index is 0.0102. The molecule has 2 aromatic carbocycles. The second-order valence-electron chi connectivity index (χ2n) is 7.75. The van der Waals surface area contributed by atoms with Gasteiger partial charge in [-0.05, 0) is 47.9 Å². The predicted octanol–water partition coefficient (Wildman–Crippen LogP) is 4.37. The van der Waals surface area contributed by atoms with Gasteiger partial charge >= 0.3 is 5.97 Å². The number of benzene rings is 2. The maximum atomic E-state index is 11.6. The average molecular weight is 411 g/mol. The van der Waals surface area contributed by atoms with E-state index in [0.717, 1.165) is 24.8 Å². The predicted molar refractivity (Wildman–Crippen MR) is 121 cm³/mol. The molecule has 2 aromatic rings. The number of carbonyl (C=O) groups is 1. The van der Waals surface area contributed by atoms with Crippen molar-refractivity contribution in [1.29, 1.82) is 0 Å². The number of unbranched alkanes of at least 4 members (excludes halogenated alkanes) is 2. The molecule has 0 aliphatic heterocycles. The highest BCUT2D eigenvalue weighted by Crippen LogP contribution is 2.18. The molecule has 0 aliphatic rings. The average Bonchev–Trinajstić information content (AvgIpc) is 2.79. The second kappa shape index (κ2) is 13.0. The molecule has 0 aromatic heterocycles. The fourth-order valence-corrected chi connectivity index (χ4v) is 3.29. The molecule has 0 heterocycles. The van der Waals surface area contributed by atoms with Crippen LogP contribution in [0.5, 0.6) is 0 Å². The highest BCUT2D eigenvalue weighted by atomic mass is 16.5. The number of carbonyl (C=O) groups excluding carboxylic acids is 1. The fourth-order valence-electron chi connectivity index (χ4n) is 3.29. The molecule has 0 saturated carbocycles. The van der Waals surface area contributed by atoms with Gasteiger partial charge in [-0.2, -0.15) is 0 Å². The van der Waals surface area contributed by atoms with Gasteiger partial charge in [0, 0.05) is 5.92 Å². The van der Waals surface area contributed by atoms with Crippen molar-refractivity contribution in [1.82, 2.24) is 0 Å². The van der Waals surface area contributed by atoms with Gasteiger partial charge < -0.3 is 14.9 Å². The molecular formula is C26H34O4. The summed E-state index contributed by atoms with van der Waals surface area (Å²) in [5, 5.41) is 18.6. The van der Waals surface area contributed by atoms with Gasteiger partial charge in [0.15, 0.2) is 0 Å². The molecule has 2 rings (SSSR count). The van der Waals surface area contributed by atoms with Crippen LogP contribution in [0.2, 0.25) is 0 Å². The molecule has 162 valence electrons. The van der Waals surface area contributed by atoms with Crippen LogP contribution in [0.4, 0.5) is 0 Å². The Balaban J connectivity index is 1.84. The fraction of sp³-hybridized carbons (Fsp3) is 0.423. The van der Waals surface area contributed by atoms with Gasteiger partial charge in [0.05, 0.1) is 18.8 Å². The summed E-state index contributed by atoms with van der Waals surface area (Å²) in [6.45, 7) is 5.17. The van der Waals surface area contributed by atoms with Crippen molar-refractivity contribution in [2.45, 2.75) is 51.4 Å². The zero-order valence-corrected chi connectivity index (χ0v) is 18.0. The van der Waals surface area contributed by atoms with Crippen LogP contribution in [-0.4, -0.2) is 36.0 Å². The topological polar surface area (TPSA) is 66.8 Å². The van der Waals surface area contributed by atoms with Gasteiger partial charge in [-0.3, -0.25) is 0 Å². The van der Waals surface area contributed by atoms with Crippen molar-refractivity contribution in [3.05, 3.63) is 82.9 Å². The van der Waals surface area contributed by atoms with Gasteiger partial charge in [-0.25, -0.2) is 4.79 Å². The lowest BCUT2D eigenvalue weighted by Gasteiger charge is -2.16. The summed E-state index contributed by atoms with van der Waals surface area (Å²) in [7, 11) is 0. The van der Waals surface area contributed by atoms with Crippen molar-refractivity contribution in [3.8, 4) is 0 Å². The Kier molecular flexibility index (Phi) is 10.3. The van der Waals surface area contributed by atoms with E-state index < -0.39 is 12.6 Å². The highest BCUT2D eigenvalue weighted by Gasteiger charge is 2.15. The number of hydrogen-bond donors (Lipinski definition) is 2. The largest absolute Gasteiger partial charge is 0.462 e. The van der Waals surface area contributed by atoms with Crippen LogP contribution in [0, 0.1) is 0 Å². The maximum Gasteiger partial charge on any atom is 0.335 e. The molecular weight excluding hydrogens is 376 g/mol. The van der Waals surface area contributed by atoms with Gasteiger partial charge in [0.2, 0.25) is 0 Å². The molecule has 0 radical (unpaired) electrons. The highest BCUT2D eigenvalue weighted by molar-refractivity contribution is 5.87. The van der Waals surface area contributed by atoms with E-state index in [2.05, 4.69) is 49.9 Å². The first-order valence-corrected chi connectivity index (χ1v) is 10.8. The monoisotopic (exact) mass is 410 g/mol. The maximum absolute atomic E-state index is 11.6. The van der Waals surface area contributed by atoms with E-state index in [1.54, 1.807) is 0 Å². The zero-order chi connectivity index (χ0) is 21.8. The standard InChI is InChI=1S/C26H34O4/c1-3-4-5-6-21-7-9-22(10-8-21)11-12-23-13-15-24(16-14-23)25(18-28)19-30-26(29)20(2)17-27/h7-10,13-16,25,27-28H,2-6,11-12,17-19H2,1H3. The Bertz CT molecular complexity index is 778. The van der Waals surface area contributed by atoms with Crippen LogP contribution >= 0.6 is 0 Å². The Morgan fingerprint density at radius 1 is 0.900 bits per heavy atom. The van der Waals surface area contributed by atoms with E-state index in [0.29, 0.717) is 0 Å². The molecule has 4 heteroatoms. The third-order valence-electron chi connectivity index (χ3n) is 5.36. The van der Waals surface area contributed by atoms with E-state index in [1.807, 2.05) is 12.1 Å². The summed E-state index contributed by atoms with van der Waals surface area (Å²) >= 11 is 0. The van der Waals surface area contributed by atoms with Gasteiger partial charge in [0.1, 0.15) is 6.61 Å². The van der Waals surface area contributed by atoms with Crippen LogP contribution in [0.15, 0.2) is 60.7 Å². The molecule has 0 bridgehead atoms. The number of aryl methyl sites for hydroxylation is 3. The minimum atomic E-state index is -0.635. The molecule has 0 spiro atoms. The number of aliphatic hydroxyl groups excluding tert-OH is 2. The lowest BCUT2D eigenvalue weighted by atomic mass is 9.97. The van der Waals surface area contributed by atoms with E-state index in [4.69, 9.17) is 9.84 Å². The molecule has 2 N–H and O–H groups in total. The van der Waals surface area contributed by atoms with Crippen molar-refractivity contribution in [2.75, 3.05) is 19.8 Å². The van der Waals surface area contributed by atoms with Crippen molar-refractivity contribution in [3.63, 3.8) is 0 Å². The van der Waals surface area contributed by atoms with E-state index in [9.17, 15) is 9.90 Å². The second-order valence-corrected chi connectivity index (χ2v) is 7.75. The minimum Gasteiger partial charge on any atom is -0.462 e. The Hall–Kier alpha value is -2.43. The number of ether oxygens (including phenoxy) is 1. The number of esters is 1. The third kappa shape index (κ3) is 7.77. The Morgan fingerprint density at radius 2 is 1.43 bits per heavy atom. The molecule has 0 aliphatic carbocycles. The first kappa shape index (κ1) is 23.8. The molecule has 30 heavy (non-hydrogen) atoms. The van der Waals surface area contributed by atoms with Crippen molar-refractivity contribution < 1.29 is 19.7 Å². The van der Waals surface area contributed by atoms with Gasteiger partial charge in [-0.15, -0.1) is 0 Å². The summed E-state index contributed by atoms with van der Waals surface area (Å²) in [6.07, 6.45) is 6.89. The Morgan fingerprint density at radius 3 is 1.93 bits per heavy atom. The zero-order valence-electron chi connectivity index (χ0n) is 18.0. The Labute approximate surface area is 180 Å². The molecule has 4 nitrogen and oxygen atoms in total. The van der Waals surface area contributed by atoms with Crippen LogP contribution in [0.3, 0.4) is 0 Å². The van der Waals surface area contributed by atoms with Crippen molar-refractivity contribution >= 4 is 5.97 Å². The van der Waals surface area contributed by atoms with E-state index >= 15 is 0 Å². The first-order valence-electron chi connectivity index (χ1n) is 10.8. The number of hydrogen-bond acceptors (Lipinski definition) is 4.